The molecule has 0 radical (unpaired) electrons. The van der Waals surface area contributed by atoms with Gasteiger partial charge in [-0.1, -0.05) is 0 Å². The Balaban J connectivity index is 2.15. The molecule has 0 bridgehead atoms. The van der Waals surface area contributed by atoms with Crippen molar-refractivity contribution >= 4 is 28.9 Å². The Kier molecular flexibility index (Phi) is 3.64. The molecule has 10 heteroatoms. The van der Waals surface area contributed by atoms with E-state index in [0.29, 0.717) is 4.90 Å². The second-order valence-electron chi connectivity index (χ2n) is 5.05. The maximum atomic E-state index is 12.6. The molecule has 1 heterocycles. The molecule has 0 aliphatic carbocycles. The number of benzene rings is 2. The molecule has 3 rings (SSSR count). The molecule has 0 aromatic heterocycles. The lowest BCUT2D eigenvalue weighted by Crippen LogP contribution is -2.29. The third kappa shape index (κ3) is 2.45. The average molecular weight is 343 g/mol. The molecule has 0 saturated heterocycles. The summed E-state index contributed by atoms with van der Waals surface area (Å²) in [6.45, 7) is 0. The Hall–Kier alpha value is -3.82. The smallest absolute Gasteiger partial charge is 0.271 e. The fourth-order valence-corrected chi connectivity index (χ4v) is 2.53. The highest BCUT2D eigenvalue weighted by Crippen LogP contribution is 2.38. The van der Waals surface area contributed by atoms with E-state index in [1.54, 1.807) is 0 Å². The van der Waals surface area contributed by atoms with Crippen molar-refractivity contribution in [1.82, 2.24) is 0 Å². The molecule has 2 aromatic carbocycles. The lowest BCUT2D eigenvalue weighted by atomic mass is 10.1. The third-order valence-electron chi connectivity index (χ3n) is 3.70. The summed E-state index contributed by atoms with van der Waals surface area (Å²) < 4.78 is 5.07. The van der Waals surface area contributed by atoms with Gasteiger partial charge in [0.15, 0.2) is 0 Å². The van der Waals surface area contributed by atoms with Gasteiger partial charge in [-0.3, -0.25) is 29.8 Å². The molecule has 2 aromatic rings. The molecule has 0 N–H and O–H groups in total. The normalized spacial score (nSPS) is 12.9. The van der Waals surface area contributed by atoms with Gasteiger partial charge >= 0.3 is 0 Å². The summed E-state index contributed by atoms with van der Waals surface area (Å²) >= 11 is 0. The number of carbonyl (C=O) groups excluding carboxylic acids is 2. The van der Waals surface area contributed by atoms with Crippen molar-refractivity contribution in [3.8, 4) is 5.75 Å². The number of amides is 2. The van der Waals surface area contributed by atoms with Crippen LogP contribution in [-0.4, -0.2) is 28.8 Å². The van der Waals surface area contributed by atoms with E-state index in [1.165, 1.54) is 25.3 Å². The van der Waals surface area contributed by atoms with E-state index in [1.807, 2.05) is 0 Å². The second-order valence-corrected chi connectivity index (χ2v) is 5.05. The second kappa shape index (κ2) is 5.67. The zero-order chi connectivity index (χ0) is 18.3. The molecule has 25 heavy (non-hydrogen) atoms. The molecule has 0 fully saturated rings. The predicted octanol–water partition coefficient (Wildman–Crippen LogP) is 2.31. The standard InChI is InChI=1S/C15H9N3O7/c1-25-13-5-3-9(18(23)24)7-12(13)16-14(19)10-4-2-8(17(21)22)6-11(10)15(16)20/h2-7H,1H3. The number of fused-ring (bicyclic) bond motifs is 1. The summed E-state index contributed by atoms with van der Waals surface area (Å²) in [5.74, 6) is -1.48. The zero-order valence-electron chi connectivity index (χ0n) is 12.7. The van der Waals surface area contributed by atoms with Crippen molar-refractivity contribution < 1.29 is 24.2 Å². The molecule has 2 amide bonds. The Labute approximate surface area is 139 Å². The Bertz CT molecular complexity index is 954. The Morgan fingerprint density at radius 1 is 0.880 bits per heavy atom. The third-order valence-corrected chi connectivity index (χ3v) is 3.70. The average Bonchev–Trinajstić information content (AvgIpc) is 2.84. The highest BCUT2D eigenvalue weighted by molar-refractivity contribution is 6.35. The molecular formula is C15H9N3O7. The van der Waals surface area contributed by atoms with Crippen molar-refractivity contribution in [1.29, 1.82) is 0 Å². The first-order chi connectivity index (χ1) is 11.8. The number of methoxy groups -OCH3 is 1. The van der Waals surface area contributed by atoms with Gasteiger partial charge in [0.05, 0.1) is 28.1 Å². The van der Waals surface area contributed by atoms with E-state index in [4.69, 9.17) is 4.74 Å². The van der Waals surface area contributed by atoms with E-state index >= 15 is 0 Å². The lowest BCUT2D eigenvalue weighted by molar-refractivity contribution is -0.385. The van der Waals surface area contributed by atoms with E-state index in [9.17, 15) is 29.8 Å². The highest BCUT2D eigenvalue weighted by Gasteiger charge is 2.39. The minimum absolute atomic E-state index is 0.0239. The van der Waals surface area contributed by atoms with Gasteiger partial charge in [-0.15, -0.1) is 0 Å². The van der Waals surface area contributed by atoms with E-state index in [-0.39, 0.29) is 33.9 Å². The minimum Gasteiger partial charge on any atom is -0.495 e. The number of rotatable bonds is 4. The van der Waals surface area contributed by atoms with E-state index < -0.39 is 21.7 Å². The monoisotopic (exact) mass is 343 g/mol. The van der Waals surface area contributed by atoms with Crippen LogP contribution in [0.1, 0.15) is 20.7 Å². The van der Waals surface area contributed by atoms with Crippen LogP contribution in [0.3, 0.4) is 0 Å². The zero-order valence-corrected chi connectivity index (χ0v) is 12.7. The van der Waals surface area contributed by atoms with Crippen molar-refractivity contribution in [2.24, 2.45) is 0 Å². The molecule has 0 saturated carbocycles. The van der Waals surface area contributed by atoms with Crippen LogP contribution >= 0.6 is 0 Å². The first-order valence-electron chi connectivity index (χ1n) is 6.85. The number of nitrogens with zero attached hydrogens (tertiary/aromatic N) is 3. The number of carbonyl (C=O) groups is 2. The molecule has 0 spiro atoms. The van der Waals surface area contributed by atoms with Gasteiger partial charge in [-0.05, 0) is 12.1 Å². The SMILES string of the molecule is COc1ccc([N+](=O)[O-])cc1N1C(=O)c2ccc([N+](=O)[O-])cc2C1=O. The van der Waals surface area contributed by atoms with Gasteiger partial charge in [0, 0.05) is 24.3 Å². The number of ether oxygens (including phenoxy) is 1. The number of non-ortho nitro benzene ring substituents is 2. The topological polar surface area (TPSA) is 133 Å². The molecule has 0 unspecified atom stereocenters. The van der Waals surface area contributed by atoms with Crippen LogP contribution in [0.25, 0.3) is 0 Å². The Morgan fingerprint density at radius 2 is 1.44 bits per heavy atom. The number of hydrogen-bond donors (Lipinski definition) is 0. The van der Waals surface area contributed by atoms with Gasteiger partial charge < -0.3 is 4.74 Å². The number of anilines is 1. The summed E-state index contributed by atoms with van der Waals surface area (Å²) in [5.41, 5.74) is -0.950. The van der Waals surface area contributed by atoms with Crippen LogP contribution in [0.2, 0.25) is 0 Å². The molecule has 10 nitrogen and oxygen atoms in total. The number of nitro groups is 2. The fraction of sp³-hybridized carbons (Fsp3) is 0.0667. The summed E-state index contributed by atoms with van der Waals surface area (Å²) in [5, 5.41) is 21.8. The van der Waals surface area contributed by atoms with Crippen molar-refractivity contribution in [3.05, 3.63) is 67.8 Å². The number of imide groups is 1. The summed E-state index contributed by atoms with van der Waals surface area (Å²) in [7, 11) is 1.29. The highest BCUT2D eigenvalue weighted by atomic mass is 16.6. The summed E-state index contributed by atoms with van der Waals surface area (Å²) in [4.78, 5) is 46.3. The Morgan fingerprint density at radius 3 is 2.04 bits per heavy atom. The maximum absolute atomic E-state index is 12.6. The minimum atomic E-state index is -0.817. The van der Waals surface area contributed by atoms with Gasteiger partial charge in [-0.2, -0.15) is 0 Å². The van der Waals surface area contributed by atoms with Gasteiger partial charge in [-0.25, -0.2) is 4.90 Å². The molecule has 126 valence electrons. The van der Waals surface area contributed by atoms with Crippen molar-refractivity contribution in [2.45, 2.75) is 0 Å². The lowest BCUT2D eigenvalue weighted by Gasteiger charge is -2.16. The summed E-state index contributed by atoms with van der Waals surface area (Å²) in [6, 6.07) is 6.76. The van der Waals surface area contributed by atoms with Gasteiger partial charge in [0.2, 0.25) is 0 Å². The summed E-state index contributed by atoms with van der Waals surface area (Å²) in [6.07, 6.45) is 0. The number of hydrogen-bond acceptors (Lipinski definition) is 7. The van der Waals surface area contributed by atoms with Crippen LogP contribution in [0.15, 0.2) is 36.4 Å². The largest absolute Gasteiger partial charge is 0.495 e. The van der Waals surface area contributed by atoms with Crippen LogP contribution in [-0.2, 0) is 0 Å². The molecule has 1 aliphatic heterocycles. The fourth-order valence-electron chi connectivity index (χ4n) is 2.53. The molecule has 1 aliphatic rings. The van der Waals surface area contributed by atoms with Crippen molar-refractivity contribution in [3.63, 3.8) is 0 Å². The van der Waals surface area contributed by atoms with Crippen LogP contribution in [0, 0.1) is 20.2 Å². The van der Waals surface area contributed by atoms with Crippen LogP contribution < -0.4 is 9.64 Å². The first-order valence-corrected chi connectivity index (χ1v) is 6.85. The quantitative estimate of drug-likeness (QED) is 0.472. The van der Waals surface area contributed by atoms with Gasteiger partial charge in [0.25, 0.3) is 23.2 Å². The maximum Gasteiger partial charge on any atom is 0.271 e. The number of nitro benzene ring substituents is 2. The van der Waals surface area contributed by atoms with Crippen LogP contribution in [0.4, 0.5) is 17.1 Å². The molecule has 0 atom stereocenters. The van der Waals surface area contributed by atoms with E-state index in [0.717, 1.165) is 18.2 Å². The molecular weight excluding hydrogens is 334 g/mol. The van der Waals surface area contributed by atoms with Crippen LogP contribution in [0.5, 0.6) is 5.75 Å². The van der Waals surface area contributed by atoms with Gasteiger partial charge in [0.1, 0.15) is 11.4 Å². The first kappa shape index (κ1) is 16.1. The predicted molar refractivity (Wildman–Crippen MR) is 83.9 cm³/mol. The van der Waals surface area contributed by atoms with E-state index in [2.05, 4.69) is 0 Å². The van der Waals surface area contributed by atoms with Crippen molar-refractivity contribution in [2.75, 3.05) is 12.0 Å².